The summed E-state index contributed by atoms with van der Waals surface area (Å²) < 4.78 is 5.28. The van der Waals surface area contributed by atoms with Gasteiger partial charge >= 0.3 is 0 Å². The van der Waals surface area contributed by atoms with Crippen molar-refractivity contribution >= 4 is 0 Å². The molecule has 0 saturated carbocycles. The topological polar surface area (TPSA) is 49.7 Å². The van der Waals surface area contributed by atoms with Crippen molar-refractivity contribution in [2.24, 2.45) is 11.8 Å². The largest absolute Gasteiger partial charge is 0.392 e. The van der Waals surface area contributed by atoms with Crippen molar-refractivity contribution < 1.29 is 14.9 Å². The van der Waals surface area contributed by atoms with Gasteiger partial charge in [0, 0.05) is 13.2 Å². The van der Waals surface area contributed by atoms with Gasteiger partial charge in [0.2, 0.25) is 0 Å². The smallest absolute Gasteiger partial charge is 0.0754 e. The molecule has 0 bridgehead atoms. The third kappa shape index (κ3) is 3.10. The summed E-state index contributed by atoms with van der Waals surface area (Å²) in [5.41, 5.74) is 0. The van der Waals surface area contributed by atoms with Gasteiger partial charge in [-0.1, -0.05) is 19.1 Å². The summed E-state index contributed by atoms with van der Waals surface area (Å²) in [5, 5.41) is 18.3. The monoisotopic (exact) mass is 186 g/mol. The van der Waals surface area contributed by atoms with E-state index >= 15 is 0 Å². The molecule has 3 unspecified atom stereocenters. The first-order valence-electron chi connectivity index (χ1n) is 4.79. The Hall–Kier alpha value is -0.380. The highest BCUT2D eigenvalue weighted by Gasteiger charge is 2.26. The lowest BCUT2D eigenvalue weighted by Gasteiger charge is -2.31. The van der Waals surface area contributed by atoms with Crippen molar-refractivity contribution in [2.75, 3.05) is 19.8 Å². The minimum absolute atomic E-state index is 0.00530. The molecule has 0 radical (unpaired) electrons. The highest BCUT2D eigenvalue weighted by atomic mass is 16.5. The second kappa shape index (κ2) is 5.37. The van der Waals surface area contributed by atoms with Gasteiger partial charge in [-0.15, -0.1) is 0 Å². The summed E-state index contributed by atoms with van der Waals surface area (Å²) in [7, 11) is 0. The van der Waals surface area contributed by atoms with Crippen molar-refractivity contribution in [1.29, 1.82) is 0 Å². The lowest BCUT2D eigenvalue weighted by Crippen LogP contribution is -2.33. The molecule has 13 heavy (non-hydrogen) atoms. The maximum atomic E-state index is 9.72. The van der Waals surface area contributed by atoms with Gasteiger partial charge in [0.25, 0.3) is 0 Å². The molecule has 0 aromatic heterocycles. The van der Waals surface area contributed by atoms with Gasteiger partial charge in [-0.3, -0.25) is 0 Å². The SMILES string of the molecule is CC1COCCC1C(O)C=CCO. The summed E-state index contributed by atoms with van der Waals surface area (Å²) in [6.45, 7) is 3.54. The number of rotatable bonds is 3. The van der Waals surface area contributed by atoms with Gasteiger partial charge in [-0.25, -0.2) is 0 Å². The summed E-state index contributed by atoms with van der Waals surface area (Å²) in [6.07, 6.45) is 3.73. The Morgan fingerprint density at radius 3 is 3.00 bits per heavy atom. The van der Waals surface area contributed by atoms with E-state index in [1.54, 1.807) is 12.2 Å². The van der Waals surface area contributed by atoms with Crippen molar-refractivity contribution in [1.82, 2.24) is 0 Å². The van der Waals surface area contributed by atoms with Gasteiger partial charge in [-0.2, -0.15) is 0 Å². The van der Waals surface area contributed by atoms with E-state index in [0.29, 0.717) is 5.92 Å². The summed E-state index contributed by atoms with van der Waals surface area (Å²) in [6, 6.07) is 0. The van der Waals surface area contributed by atoms with Crippen LogP contribution >= 0.6 is 0 Å². The average Bonchev–Trinajstić information content (AvgIpc) is 2.15. The number of aliphatic hydroxyl groups excluding tert-OH is 2. The molecule has 3 nitrogen and oxygen atoms in total. The maximum Gasteiger partial charge on any atom is 0.0754 e. The second-order valence-electron chi connectivity index (χ2n) is 3.61. The predicted octanol–water partition coefficient (Wildman–Crippen LogP) is 0.568. The Labute approximate surface area is 79.0 Å². The van der Waals surface area contributed by atoms with Crippen LogP contribution in [-0.4, -0.2) is 36.1 Å². The normalized spacial score (nSPS) is 32.2. The first kappa shape index (κ1) is 10.7. The molecular weight excluding hydrogens is 168 g/mol. The fraction of sp³-hybridized carbons (Fsp3) is 0.800. The van der Waals surface area contributed by atoms with Crippen LogP contribution in [0.25, 0.3) is 0 Å². The van der Waals surface area contributed by atoms with Crippen LogP contribution in [-0.2, 0) is 4.74 Å². The van der Waals surface area contributed by atoms with Crippen LogP contribution in [0, 0.1) is 11.8 Å². The lowest BCUT2D eigenvalue weighted by molar-refractivity contribution is -0.0153. The predicted molar refractivity (Wildman–Crippen MR) is 50.3 cm³/mol. The number of aliphatic hydroxyl groups is 2. The Morgan fingerprint density at radius 1 is 1.62 bits per heavy atom. The summed E-state index contributed by atoms with van der Waals surface area (Å²) in [5.74, 6) is 0.670. The first-order chi connectivity index (χ1) is 6.25. The average molecular weight is 186 g/mol. The molecule has 0 aromatic carbocycles. The zero-order valence-corrected chi connectivity index (χ0v) is 8.02. The van der Waals surface area contributed by atoms with E-state index < -0.39 is 6.10 Å². The van der Waals surface area contributed by atoms with Gasteiger partial charge in [0.15, 0.2) is 0 Å². The molecular formula is C10H18O3. The molecule has 1 aliphatic rings. The van der Waals surface area contributed by atoms with Gasteiger partial charge in [-0.05, 0) is 18.3 Å². The van der Waals surface area contributed by atoms with E-state index in [1.165, 1.54) is 0 Å². The Balaban J connectivity index is 2.43. The van der Waals surface area contributed by atoms with E-state index in [-0.39, 0.29) is 12.5 Å². The zero-order valence-electron chi connectivity index (χ0n) is 8.02. The minimum Gasteiger partial charge on any atom is -0.392 e. The molecule has 0 aliphatic carbocycles. The Morgan fingerprint density at radius 2 is 2.38 bits per heavy atom. The molecule has 1 fully saturated rings. The van der Waals surface area contributed by atoms with Crippen molar-refractivity contribution in [3.05, 3.63) is 12.2 Å². The van der Waals surface area contributed by atoms with Crippen LogP contribution < -0.4 is 0 Å². The van der Waals surface area contributed by atoms with Crippen LogP contribution in [0.3, 0.4) is 0 Å². The third-order valence-electron chi connectivity index (χ3n) is 2.58. The fourth-order valence-corrected chi connectivity index (χ4v) is 1.75. The number of hydrogen-bond donors (Lipinski definition) is 2. The molecule has 0 spiro atoms. The third-order valence-corrected chi connectivity index (χ3v) is 2.58. The minimum atomic E-state index is -0.439. The summed E-state index contributed by atoms with van der Waals surface area (Å²) >= 11 is 0. The van der Waals surface area contributed by atoms with Gasteiger partial charge < -0.3 is 14.9 Å². The quantitative estimate of drug-likeness (QED) is 0.633. The standard InChI is InChI=1S/C10H18O3/c1-8-7-13-6-4-9(8)10(12)3-2-5-11/h2-3,8-12H,4-7H2,1H3. The molecule has 1 heterocycles. The molecule has 76 valence electrons. The molecule has 1 rings (SSSR count). The highest BCUT2D eigenvalue weighted by molar-refractivity contribution is 4.93. The van der Waals surface area contributed by atoms with Gasteiger partial charge in [0.05, 0.1) is 12.7 Å². The van der Waals surface area contributed by atoms with E-state index in [9.17, 15) is 5.11 Å². The zero-order chi connectivity index (χ0) is 9.68. The van der Waals surface area contributed by atoms with Crippen LogP contribution in [0.4, 0.5) is 0 Å². The van der Waals surface area contributed by atoms with Crippen LogP contribution in [0.2, 0.25) is 0 Å². The van der Waals surface area contributed by atoms with E-state index in [1.807, 2.05) is 0 Å². The highest BCUT2D eigenvalue weighted by Crippen LogP contribution is 2.25. The molecule has 0 aromatic rings. The first-order valence-corrected chi connectivity index (χ1v) is 4.79. The molecule has 3 atom stereocenters. The molecule has 3 heteroatoms. The molecule has 1 saturated heterocycles. The van der Waals surface area contributed by atoms with Crippen LogP contribution in [0.5, 0.6) is 0 Å². The second-order valence-corrected chi connectivity index (χ2v) is 3.61. The van der Waals surface area contributed by atoms with E-state index in [2.05, 4.69) is 6.92 Å². The summed E-state index contributed by atoms with van der Waals surface area (Å²) in [4.78, 5) is 0. The number of hydrogen-bond acceptors (Lipinski definition) is 3. The molecule has 1 aliphatic heterocycles. The lowest BCUT2D eigenvalue weighted by atomic mass is 9.85. The maximum absolute atomic E-state index is 9.72. The molecule has 2 N–H and O–H groups in total. The van der Waals surface area contributed by atoms with Crippen LogP contribution in [0.15, 0.2) is 12.2 Å². The molecule has 0 amide bonds. The van der Waals surface area contributed by atoms with Crippen molar-refractivity contribution in [3.8, 4) is 0 Å². The van der Waals surface area contributed by atoms with E-state index in [0.717, 1.165) is 19.6 Å². The van der Waals surface area contributed by atoms with Crippen LogP contribution in [0.1, 0.15) is 13.3 Å². The Bertz CT molecular complexity index is 168. The fourth-order valence-electron chi connectivity index (χ4n) is 1.75. The van der Waals surface area contributed by atoms with Gasteiger partial charge in [0.1, 0.15) is 0 Å². The number of ether oxygens (including phenoxy) is 1. The van der Waals surface area contributed by atoms with Crippen molar-refractivity contribution in [2.45, 2.75) is 19.4 Å². The van der Waals surface area contributed by atoms with Crippen molar-refractivity contribution in [3.63, 3.8) is 0 Å². The van der Waals surface area contributed by atoms with E-state index in [4.69, 9.17) is 9.84 Å². The Kier molecular flexibility index (Phi) is 4.42.